The second-order valence-electron chi connectivity index (χ2n) is 5.57. The van der Waals surface area contributed by atoms with Crippen LogP contribution in [0.5, 0.6) is 5.75 Å². The molecule has 0 fully saturated rings. The molecule has 0 aromatic heterocycles. The molecule has 0 aliphatic carbocycles. The van der Waals surface area contributed by atoms with Gasteiger partial charge in [-0.3, -0.25) is 4.79 Å². The number of anilines is 1. The molecular formula is C20H21F2NO4. The maximum Gasteiger partial charge on any atom is 0.387 e. The molecule has 144 valence electrons. The molecule has 0 aliphatic heterocycles. The summed E-state index contributed by atoms with van der Waals surface area (Å²) in [5.41, 5.74) is 1.44. The van der Waals surface area contributed by atoms with Gasteiger partial charge in [0.2, 0.25) is 5.91 Å². The van der Waals surface area contributed by atoms with E-state index in [0.717, 1.165) is 0 Å². The Hall–Kier alpha value is -2.96. The molecule has 0 saturated heterocycles. The van der Waals surface area contributed by atoms with E-state index in [1.165, 1.54) is 17.0 Å². The number of para-hydroxylation sites is 1. The minimum atomic E-state index is -2.90. The van der Waals surface area contributed by atoms with Crippen LogP contribution < -0.4 is 9.64 Å². The molecule has 1 amide bonds. The van der Waals surface area contributed by atoms with Gasteiger partial charge in [-0.05, 0) is 43.7 Å². The number of benzene rings is 2. The zero-order valence-electron chi connectivity index (χ0n) is 15.2. The number of alkyl halides is 2. The molecule has 2 aromatic carbocycles. The highest BCUT2D eigenvalue weighted by atomic mass is 19.3. The van der Waals surface area contributed by atoms with Gasteiger partial charge in [-0.2, -0.15) is 8.78 Å². The van der Waals surface area contributed by atoms with Crippen molar-refractivity contribution >= 4 is 17.6 Å². The van der Waals surface area contributed by atoms with Gasteiger partial charge in [-0.25, -0.2) is 4.79 Å². The molecule has 0 N–H and O–H groups in total. The Labute approximate surface area is 156 Å². The van der Waals surface area contributed by atoms with Gasteiger partial charge in [-0.15, -0.1) is 0 Å². The van der Waals surface area contributed by atoms with E-state index in [0.29, 0.717) is 23.4 Å². The Bertz CT molecular complexity index is 778. The number of carbonyl (C=O) groups is 2. The fraction of sp³-hybridized carbons (Fsp3) is 0.300. The van der Waals surface area contributed by atoms with Crippen LogP contribution in [0.3, 0.4) is 0 Å². The largest absolute Gasteiger partial charge is 0.462 e. The molecule has 0 radical (unpaired) electrons. The Morgan fingerprint density at radius 2 is 1.70 bits per heavy atom. The minimum absolute atomic E-state index is 0.0289. The van der Waals surface area contributed by atoms with Crippen LogP contribution in [0.15, 0.2) is 48.5 Å². The molecule has 0 saturated carbocycles. The predicted octanol–water partition coefficient (Wildman–Crippen LogP) is 4.06. The summed E-state index contributed by atoms with van der Waals surface area (Å²) < 4.78 is 33.8. The number of likely N-dealkylation sites (N-methyl/N-ethyl adjacent to an activating group) is 1. The van der Waals surface area contributed by atoms with Crippen molar-refractivity contribution in [3.63, 3.8) is 0 Å². The third kappa shape index (κ3) is 5.51. The number of ether oxygens (including phenoxy) is 2. The van der Waals surface area contributed by atoms with Crippen molar-refractivity contribution in [2.24, 2.45) is 0 Å². The molecule has 0 unspecified atom stereocenters. The molecule has 5 nitrogen and oxygen atoms in total. The second-order valence-corrected chi connectivity index (χ2v) is 5.57. The van der Waals surface area contributed by atoms with Gasteiger partial charge in [0.05, 0.1) is 24.3 Å². The van der Waals surface area contributed by atoms with Gasteiger partial charge in [0.1, 0.15) is 5.75 Å². The fourth-order valence-corrected chi connectivity index (χ4v) is 2.63. The molecule has 27 heavy (non-hydrogen) atoms. The van der Waals surface area contributed by atoms with Crippen molar-refractivity contribution in [3.05, 3.63) is 59.7 Å². The van der Waals surface area contributed by atoms with Gasteiger partial charge >= 0.3 is 12.6 Å². The number of hydrogen-bond donors (Lipinski definition) is 0. The lowest BCUT2D eigenvalue weighted by molar-refractivity contribution is -0.117. The second kappa shape index (κ2) is 9.66. The maximum atomic E-state index is 12.8. The van der Waals surface area contributed by atoms with Crippen LogP contribution in [0.25, 0.3) is 0 Å². The third-order valence-electron chi connectivity index (χ3n) is 3.81. The Morgan fingerprint density at radius 1 is 1.04 bits per heavy atom. The van der Waals surface area contributed by atoms with Crippen LogP contribution in [-0.4, -0.2) is 31.6 Å². The summed E-state index contributed by atoms with van der Waals surface area (Å²) in [6.07, 6.45) is 0.0555. The Morgan fingerprint density at radius 3 is 2.30 bits per heavy atom. The first-order chi connectivity index (χ1) is 13.0. The van der Waals surface area contributed by atoms with Crippen LogP contribution in [0.1, 0.15) is 29.8 Å². The minimum Gasteiger partial charge on any atom is -0.462 e. The van der Waals surface area contributed by atoms with Gasteiger partial charge in [-0.1, -0.05) is 24.3 Å². The molecule has 0 bridgehead atoms. The van der Waals surface area contributed by atoms with E-state index >= 15 is 0 Å². The summed E-state index contributed by atoms with van der Waals surface area (Å²) in [5.74, 6) is -0.689. The maximum absolute atomic E-state index is 12.8. The van der Waals surface area contributed by atoms with Crippen LogP contribution in [0.2, 0.25) is 0 Å². The van der Waals surface area contributed by atoms with E-state index in [1.54, 1.807) is 50.2 Å². The molecule has 0 heterocycles. The summed E-state index contributed by atoms with van der Waals surface area (Å²) >= 11 is 0. The number of hydrogen-bond acceptors (Lipinski definition) is 4. The number of carbonyl (C=O) groups excluding carboxylic acids is 2. The van der Waals surface area contributed by atoms with Crippen LogP contribution in [-0.2, 0) is 16.0 Å². The summed E-state index contributed by atoms with van der Waals surface area (Å²) in [6, 6.07) is 12.6. The van der Waals surface area contributed by atoms with Crippen molar-refractivity contribution in [3.8, 4) is 5.75 Å². The first-order valence-corrected chi connectivity index (χ1v) is 8.56. The number of rotatable bonds is 8. The third-order valence-corrected chi connectivity index (χ3v) is 3.81. The smallest absolute Gasteiger partial charge is 0.387 e. The number of nitrogens with zero attached hydrogens (tertiary/aromatic N) is 1. The summed E-state index contributed by atoms with van der Waals surface area (Å²) in [7, 11) is 0. The number of esters is 1. The molecule has 0 spiro atoms. The van der Waals surface area contributed by atoms with E-state index in [2.05, 4.69) is 4.74 Å². The van der Waals surface area contributed by atoms with Gasteiger partial charge in [0, 0.05) is 6.54 Å². The molecule has 0 aliphatic rings. The summed E-state index contributed by atoms with van der Waals surface area (Å²) in [5, 5.41) is 0. The van der Waals surface area contributed by atoms with E-state index in [4.69, 9.17) is 4.74 Å². The van der Waals surface area contributed by atoms with Crippen LogP contribution in [0.4, 0.5) is 14.5 Å². The number of halogens is 2. The Balaban J connectivity index is 2.18. The zero-order chi connectivity index (χ0) is 19.8. The predicted molar refractivity (Wildman–Crippen MR) is 97.2 cm³/mol. The lowest BCUT2D eigenvalue weighted by atomic mass is 10.1. The normalized spacial score (nSPS) is 10.6. The average molecular weight is 377 g/mol. The molecule has 2 aromatic rings. The zero-order valence-corrected chi connectivity index (χ0v) is 15.2. The van der Waals surface area contributed by atoms with E-state index in [-0.39, 0.29) is 24.7 Å². The SMILES string of the molecule is CCOC(=O)c1ccccc1N(CC)C(=O)Cc1ccc(OC(F)F)cc1. The van der Waals surface area contributed by atoms with Crippen molar-refractivity contribution in [1.29, 1.82) is 0 Å². The standard InChI is InChI=1S/C20H21F2NO4/c1-3-23(17-8-6-5-7-16(17)19(25)26-4-2)18(24)13-14-9-11-15(12-10-14)27-20(21)22/h5-12,20H,3-4,13H2,1-2H3. The highest BCUT2D eigenvalue weighted by molar-refractivity contribution is 6.03. The Kier molecular flexibility index (Phi) is 7.28. The topological polar surface area (TPSA) is 55.8 Å². The van der Waals surface area contributed by atoms with E-state index in [1.807, 2.05) is 0 Å². The van der Waals surface area contributed by atoms with Gasteiger partial charge < -0.3 is 14.4 Å². The van der Waals surface area contributed by atoms with Crippen LogP contribution in [0, 0.1) is 0 Å². The molecule has 7 heteroatoms. The van der Waals surface area contributed by atoms with E-state index in [9.17, 15) is 18.4 Å². The average Bonchev–Trinajstić information content (AvgIpc) is 2.64. The number of amides is 1. The molecule has 2 rings (SSSR count). The summed E-state index contributed by atoms with van der Waals surface area (Å²) in [6.45, 7) is 1.22. The van der Waals surface area contributed by atoms with E-state index < -0.39 is 12.6 Å². The van der Waals surface area contributed by atoms with Gasteiger partial charge in [0.25, 0.3) is 0 Å². The van der Waals surface area contributed by atoms with Crippen molar-refractivity contribution < 1.29 is 27.8 Å². The molecule has 0 atom stereocenters. The highest BCUT2D eigenvalue weighted by Gasteiger charge is 2.21. The lowest BCUT2D eigenvalue weighted by Crippen LogP contribution is -2.33. The lowest BCUT2D eigenvalue weighted by Gasteiger charge is -2.23. The summed E-state index contributed by atoms with van der Waals surface area (Å²) in [4.78, 5) is 26.4. The quantitative estimate of drug-likeness (QED) is 0.651. The van der Waals surface area contributed by atoms with Crippen molar-refractivity contribution in [2.45, 2.75) is 26.9 Å². The van der Waals surface area contributed by atoms with Crippen molar-refractivity contribution in [2.75, 3.05) is 18.1 Å². The highest BCUT2D eigenvalue weighted by Crippen LogP contribution is 2.23. The monoisotopic (exact) mass is 377 g/mol. The van der Waals surface area contributed by atoms with Crippen molar-refractivity contribution in [1.82, 2.24) is 0 Å². The molecular weight excluding hydrogens is 356 g/mol. The first kappa shape index (κ1) is 20.4. The first-order valence-electron chi connectivity index (χ1n) is 8.56. The van der Waals surface area contributed by atoms with Crippen LogP contribution >= 0.6 is 0 Å². The van der Waals surface area contributed by atoms with Gasteiger partial charge in [0.15, 0.2) is 0 Å². The fourth-order valence-electron chi connectivity index (χ4n) is 2.63.